The van der Waals surface area contributed by atoms with E-state index in [-0.39, 0.29) is 0 Å². The first-order valence-electron chi connectivity index (χ1n) is 9.56. The smallest absolute Gasteiger partial charge is 0.144 e. The zero-order valence-electron chi connectivity index (χ0n) is 16.6. The molecule has 0 aliphatic rings. The number of hydrogen-bond donors (Lipinski definition) is 1. The van der Waals surface area contributed by atoms with Gasteiger partial charge in [0, 0.05) is 35.6 Å². The molecule has 3 aromatic heterocycles. The Hall–Kier alpha value is -4.13. The number of fused-ring (bicyclic) bond motifs is 1. The Bertz CT molecular complexity index is 1320. The SMILES string of the molecule is COc1cc(Nc2cc3c(cn2)cnn3-c2ccccc2)ccc1-n1cnc(C)c1. The molecule has 0 atom stereocenters. The standard InChI is InChI=1S/C23H20N6O/c1-16-14-28(15-25-16)20-9-8-18(10-22(20)30-2)27-23-11-21-17(12-24-23)13-26-29(21)19-6-4-3-5-7-19/h3-15H,1-2H3,(H,24,27). The molecule has 0 fully saturated rings. The molecule has 0 unspecified atom stereocenters. The van der Waals surface area contributed by atoms with Crippen molar-refractivity contribution in [2.24, 2.45) is 0 Å². The van der Waals surface area contributed by atoms with Crippen molar-refractivity contribution in [2.75, 3.05) is 12.4 Å². The maximum absolute atomic E-state index is 5.60. The third kappa shape index (κ3) is 3.26. The van der Waals surface area contributed by atoms with Crippen LogP contribution in [0.4, 0.5) is 11.5 Å². The van der Waals surface area contributed by atoms with Crippen molar-refractivity contribution in [3.63, 3.8) is 0 Å². The number of benzene rings is 2. The number of nitrogens with zero attached hydrogens (tertiary/aromatic N) is 5. The fraction of sp³-hybridized carbons (Fsp3) is 0.0870. The van der Waals surface area contributed by atoms with E-state index in [2.05, 4.69) is 20.4 Å². The molecule has 0 amide bonds. The lowest BCUT2D eigenvalue weighted by Crippen LogP contribution is -1.99. The molecule has 0 saturated heterocycles. The van der Waals surface area contributed by atoms with Crippen LogP contribution >= 0.6 is 0 Å². The Morgan fingerprint density at radius 2 is 1.83 bits per heavy atom. The van der Waals surface area contributed by atoms with Crippen LogP contribution in [-0.4, -0.2) is 31.4 Å². The summed E-state index contributed by atoms with van der Waals surface area (Å²) in [5.41, 5.74) is 4.74. The van der Waals surface area contributed by atoms with Gasteiger partial charge in [0.25, 0.3) is 0 Å². The number of rotatable bonds is 5. The first kappa shape index (κ1) is 17.9. The average molecular weight is 396 g/mol. The number of aryl methyl sites for hydroxylation is 1. The molecule has 2 aromatic carbocycles. The quantitative estimate of drug-likeness (QED) is 0.468. The number of ether oxygens (including phenoxy) is 1. The van der Waals surface area contributed by atoms with Gasteiger partial charge in [0.05, 0.1) is 42.2 Å². The van der Waals surface area contributed by atoms with Crippen molar-refractivity contribution in [1.29, 1.82) is 0 Å². The van der Waals surface area contributed by atoms with Gasteiger partial charge in [0.2, 0.25) is 0 Å². The van der Waals surface area contributed by atoms with Crippen LogP contribution in [0.15, 0.2) is 79.5 Å². The number of para-hydroxylation sites is 1. The molecule has 30 heavy (non-hydrogen) atoms. The summed E-state index contributed by atoms with van der Waals surface area (Å²) in [4.78, 5) is 8.82. The highest BCUT2D eigenvalue weighted by Crippen LogP contribution is 2.29. The van der Waals surface area contributed by atoms with Crippen molar-refractivity contribution in [3.05, 3.63) is 85.2 Å². The van der Waals surface area contributed by atoms with E-state index in [0.29, 0.717) is 0 Å². The lowest BCUT2D eigenvalue weighted by Gasteiger charge is -2.12. The largest absolute Gasteiger partial charge is 0.494 e. The van der Waals surface area contributed by atoms with Gasteiger partial charge >= 0.3 is 0 Å². The number of pyridine rings is 1. The number of nitrogens with one attached hydrogen (secondary N) is 1. The van der Waals surface area contributed by atoms with E-state index >= 15 is 0 Å². The van der Waals surface area contributed by atoms with Gasteiger partial charge < -0.3 is 14.6 Å². The van der Waals surface area contributed by atoms with Crippen molar-refractivity contribution in [2.45, 2.75) is 6.92 Å². The monoisotopic (exact) mass is 396 g/mol. The van der Waals surface area contributed by atoms with Gasteiger partial charge in [0.1, 0.15) is 11.6 Å². The molecule has 1 N–H and O–H groups in total. The fourth-order valence-corrected chi connectivity index (χ4v) is 3.43. The van der Waals surface area contributed by atoms with E-state index in [1.54, 1.807) is 13.4 Å². The van der Waals surface area contributed by atoms with Crippen LogP contribution in [0.1, 0.15) is 5.69 Å². The van der Waals surface area contributed by atoms with Gasteiger partial charge in [-0.25, -0.2) is 14.6 Å². The van der Waals surface area contributed by atoms with Crippen molar-refractivity contribution in [1.82, 2.24) is 24.3 Å². The molecule has 0 spiro atoms. The molecule has 5 rings (SSSR count). The Kier molecular flexibility index (Phi) is 4.40. The minimum Gasteiger partial charge on any atom is -0.494 e. The molecule has 0 radical (unpaired) electrons. The number of methoxy groups -OCH3 is 1. The van der Waals surface area contributed by atoms with E-state index < -0.39 is 0 Å². The van der Waals surface area contributed by atoms with Crippen LogP contribution in [0.5, 0.6) is 5.75 Å². The van der Waals surface area contributed by atoms with Crippen LogP contribution in [0, 0.1) is 6.92 Å². The summed E-state index contributed by atoms with van der Waals surface area (Å²) in [5, 5.41) is 8.85. The van der Waals surface area contributed by atoms with E-state index in [1.807, 2.05) is 89.4 Å². The first-order valence-corrected chi connectivity index (χ1v) is 9.56. The number of aromatic nitrogens is 5. The molecule has 0 saturated carbocycles. The fourth-order valence-electron chi connectivity index (χ4n) is 3.43. The average Bonchev–Trinajstić information content (AvgIpc) is 3.40. The van der Waals surface area contributed by atoms with Gasteiger partial charge in [-0.15, -0.1) is 0 Å². The summed E-state index contributed by atoms with van der Waals surface area (Å²) >= 11 is 0. The van der Waals surface area contributed by atoms with E-state index in [1.165, 1.54) is 0 Å². The second-order valence-electron chi connectivity index (χ2n) is 6.95. The third-order valence-electron chi connectivity index (χ3n) is 4.90. The molecular weight excluding hydrogens is 376 g/mol. The van der Waals surface area contributed by atoms with E-state index in [9.17, 15) is 0 Å². The maximum Gasteiger partial charge on any atom is 0.144 e. The van der Waals surface area contributed by atoms with E-state index in [4.69, 9.17) is 4.74 Å². The van der Waals surface area contributed by atoms with Crippen LogP contribution in [0.25, 0.3) is 22.3 Å². The molecule has 148 valence electrons. The highest BCUT2D eigenvalue weighted by molar-refractivity contribution is 5.82. The van der Waals surface area contributed by atoms with Crippen molar-refractivity contribution in [3.8, 4) is 17.1 Å². The molecule has 0 aliphatic heterocycles. The lowest BCUT2D eigenvalue weighted by atomic mass is 10.2. The highest BCUT2D eigenvalue weighted by atomic mass is 16.5. The Morgan fingerprint density at radius 3 is 2.60 bits per heavy atom. The van der Waals surface area contributed by atoms with E-state index in [0.717, 1.165) is 45.2 Å². The summed E-state index contributed by atoms with van der Waals surface area (Å²) in [6.45, 7) is 1.96. The predicted octanol–water partition coefficient (Wildman–Crippen LogP) is 4.67. The van der Waals surface area contributed by atoms with Gasteiger partial charge in [-0.2, -0.15) is 5.10 Å². The van der Waals surface area contributed by atoms with Gasteiger partial charge in [-0.3, -0.25) is 0 Å². The lowest BCUT2D eigenvalue weighted by molar-refractivity contribution is 0.413. The summed E-state index contributed by atoms with van der Waals surface area (Å²) in [5.74, 6) is 1.47. The second-order valence-corrected chi connectivity index (χ2v) is 6.95. The third-order valence-corrected chi connectivity index (χ3v) is 4.90. The summed E-state index contributed by atoms with van der Waals surface area (Å²) in [6, 6.07) is 18.0. The maximum atomic E-state index is 5.60. The predicted molar refractivity (Wildman–Crippen MR) is 117 cm³/mol. The molecule has 5 aromatic rings. The summed E-state index contributed by atoms with van der Waals surface area (Å²) in [6.07, 6.45) is 7.39. The topological polar surface area (TPSA) is 69.8 Å². The molecule has 7 heteroatoms. The first-order chi connectivity index (χ1) is 14.7. The van der Waals surface area contributed by atoms with Gasteiger partial charge in [-0.05, 0) is 31.2 Å². The summed E-state index contributed by atoms with van der Waals surface area (Å²) < 4.78 is 9.45. The highest BCUT2D eigenvalue weighted by Gasteiger charge is 2.10. The van der Waals surface area contributed by atoms with Crippen molar-refractivity contribution >= 4 is 22.4 Å². The minimum atomic E-state index is 0.730. The summed E-state index contributed by atoms with van der Waals surface area (Å²) in [7, 11) is 1.66. The van der Waals surface area contributed by atoms with Gasteiger partial charge in [0.15, 0.2) is 0 Å². The molecule has 0 bridgehead atoms. The number of imidazole rings is 1. The Balaban J connectivity index is 1.48. The molecule has 7 nitrogen and oxygen atoms in total. The molecule has 3 heterocycles. The van der Waals surface area contributed by atoms with Crippen molar-refractivity contribution < 1.29 is 4.74 Å². The van der Waals surface area contributed by atoms with Gasteiger partial charge in [-0.1, -0.05) is 18.2 Å². The minimum absolute atomic E-state index is 0.730. The van der Waals surface area contributed by atoms with Crippen LogP contribution < -0.4 is 10.1 Å². The van der Waals surface area contributed by atoms with Crippen LogP contribution in [-0.2, 0) is 0 Å². The second kappa shape index (κ2) is 7.36. The Labute approximate surface area is 173 Å². The zero-order chi connectivity index (χ0) is 20.5. The van der Waals surface area contributed by atoms with Crippen LogP contribution in [0.3, 0.4) is 0 Å². The normalized spacial score (nSPS) is 11.0. The number of anilines is 2. The number of hydrogen-bond acceptors (Lipinski definition) is 5. The molecular formula is C23H20N6O. The van der Waals surface area contributed by atoms with Crippen LogP contribution in [0.2, 0.25) is 0 Å². The molecule has 0 aliphatic carbocycles. The Morgan fingerprint density at radius 1 is 0.967 bits per heavy atom. The zero-order valence-corrected chi connectivity index (χ0v) is 16.6.